The lowest BCUT2D eigenvalue weighted by Gasteiger charge is -2.14. The molecule has 5 nitrogen and oxygen atoms in total. The van der Waals surface area contributed by atoms with E-state index in [1.807, 2.05) is 29.6 Å². The number of fused-ring (bicyclic) bond motifs is 1. The molecule has 24 heavy (non-hydrogen) atoms. The van der Waals surface area contributed by atoms with E-state index in [2.05, 4.69) is 31.5 Å². The second-order valence-corrected chi connectivity index (χ2v) is 6.83. The molecule has 0 spiro atoms. The molecule has 1 amide bonds. The number of carbonyl (C=O) groups is 1. The minimum absolute atomic E-state index is 0.182. The van der Waals surface area contributed by atoms with Gasteiger partial charge in [0, 0.05) is 11.6 Å². The normalized spacial score (nSPS) is 10.4. The zero-order chi connectivity index (χ0) is 17.1. The van der Waals surface area contributed by atoms with Gasteiger partial charge in [-0.2, -0.15) is 0 Å². The Kier molecular flexibility index (Phi) is 5.08. The summed E-state index contributed by atoms with van der Waals surface area (Å²) in [5, 5.41) is 10.0. The Balaban J connectivity index is 1.90. The van der Waals surface area contributed by atoms with E-state index in [0.717, 1.165) is 15.2 Å². The van der Waals surface area contributed by atoms with E-state index in [9.17, 15) is 4.79 Å². The summed E-state index contributed by atoms with van der Waals surface area (Å²) in [4.78, 5) is 16.7. The number of aromatic nitrogens is 1. The van der Waals surface area contributed by atoms with Gasteiger partial charge in [0.2, 0.25) is 0 Å². The molecule has 0 radical (unpaired) electrons. The predicted molar refractivity (Wildman–Crippen MR) is 104 cm³/mol. The molecular formula is C16H12BrN3O2S2. The molecule has 8 heteroatoms. The van der Waals surface area contributed by atoms with Gasteiger partial charge in [-0.05, 0) is 45.0 Å². The molecule has 2 N–H and O–H groups in total. The number of nitrogens with zero attached hydrogens (tertiary/aromatic N) is 1. The van der Waals surface area contributed by atoms with Crippen molar-refractivity contribution in [2.75, 3.05) is 12.4 Å². The summed E-state index contributed by atoms with van der Waals surface area (Å²) in [6, 6.07) is 9.51. The number of thiocarbonyl (C=S) groups is 1. The molecule has 122 valence electrons. The van der Waals surface area contributed by atoms with E-state index in [4.69, 9.17) is 17.0 Å². The van der Waals surface area contributed by atoms with Crippen LogP contribution in [0.5, 0.6) is 5.75 Å². The average molecular weight is 422 g/mol. The second-order valence-electron chi connectivity index (χ2n) is 4.74. The van der Waals surface area contributed by atoms with Crippen LogP contribution >= 0.6 is 39.5 Å². The van der Waals surface area contributed by atoms with E-state index in [1.54, 1.807) is 12.3 Å². The number of ether oxygens (including phenoxy) is 1. The number of rotatable bonds is 3. The highest BCUT2D eigenvalue weighted by atomic mass is 79.9. The van der Waals surface area contributed by atoms with E-state index < -0.39 is 0 Å². The monoisotopic (exact) mass is 421 g/mol. The van der Waals surface area contributed by atoms with Crippen LogP contribution in [0.25, 0.3) is 10.8 Å². The molecule has 0 aliphatic carbocycles. The number of methoxy groups -OCH3 is 1. The van der Waals surface area contributed by atoms with Crippen molar-refractivity contribution in [2.45, 2.75) is 0 Å². The van der Waals surface area contributed by atoms with Gasteiger partial charge >= 0.3 is 0 Å². The van der Waals surface area contributed by atoms with Crippen LogP contribution in [-0.4, -0.2) is 23.1 Å². The summed E-state index contributed by atoms with van der Waals surface area (Å²) in [6.07, 6.45) is 1.65. The molecule has 0 saturated heterocycles. The van der Waals surface area contributed by atoms with E-state index in [-0.39, 0.29) is 11.0 Å². The zero-order valence-corrected chi connectivity index (χ0v) is 15.7. The topological polar surface area (TPSA) is 63.2 Å². The van der Waals surface area contributed by atoms with Gasteiger partial charge in [-0.1, -0.05) is 24.3 Å². The number of nitrogens with one attached hydrogen (secondary N) is 2. The van der Waals surface area contributed by atoms with Crippen LogP contribution in [0.1, 0.15) is 10.4 Å². The molecule has 3 aromatic rings. The first-order chi connectivity index (χ1) is 11.6. The highest BCUT2D eigenvalue weighted by molar-refractivity contribution is 9.10. The van der Waals surface area contributed by atoms with Gasteiger partial charge in [0.15, 0.2) is 10.2 Å². The van der Waals surface area contributed by atoms with Crippen molar-refractivity contribution in [3.8, 4) is 5.75 Å². The lowest BCUT2D eigenvalue weighted by atomic mass is 10.1. The Labute approximate surface area is 156 Å². The third-order valence-electron chi connectivity index (χ3n) is 3.27. The summed E-state index contributed by atoms with van der Waals surface area (Å²) in [6.45, 7) is 0. The molecule has 0 fully saturated rings. The molecule has 0 saturated carbocycles. The van der Waals surface area contributed by atoms with Crippen molar-refractivity contribution in [3.63, 3.8) is 0 Å². The summed E-state index contributed by atoms with van der Waals surface area (Å²) < 4.78 is 6.14. The first-order valence-electron chi connectivity index (χ1n) is 6.87. The van der Waals surface area contributed by atoms with Crippen molar-refractivity contribution in [3.05, 3.63) is 51.9 Å². The molecule has 2 aromatic carbocycles. The van der Waals surface area contributed by atoms with Crippen molar-refractivity contribution in [2.24, 2.45) is 0 Å². The van der Waals surface area contributed by atoms with Crippen LogP contribution in [0.3, 0.4) is 0 Å². The average Bonchev–Trinajstić information content (AvgIpc) is 3.07. The van der Waals surface area contributed by atoms with Crippen molar-refractivity contribution < 1.29 is 9.53 Å². The third kappa shape index (κ3) is 3.40. The van der Waals surface area contributed by atoms with Gasteiger partial charge in [0.05, 0.1) is 17.1 Å². The Morgan fingerprint density at radius 3 is 2.88 bits per heavy atom. The van der Waals surface area contributed by atoms with Gasteiger partial charge < -0.3 is 10.1 Å². The maximum atomic E-state index is 12.6. The number of carbonyl (C=O) groups excluding carboxylic acids is 1. The molecule has 0 unspecified atom stereocenters. The van der Waals surface area contributed by atoms with E-state index in [0.29, 0.717) is 16.4 Å². The minimum Gasteiger partial charge on any atom is -0.495 e. The van der Waals surface area contributed by atoms with Gasteiger partial charge in [-0.15, -0.1) is 11.3 Å². The molecular weight excluding hydrogens is 410 g/mol. The molecule has 0 aliphatic rings. The van der Waals surface area contributed by atoms with E-state index in [1.165, 1.54) is 18.4 Å². The fourth-order valence-electron chi connectivity index (χ4n) is 2.24. The van der Waals surface area contributed by atoms with Crippen LogP contribution in [0, 0.1) is 0 Å². The standard InChI is InChI=1S/C16H12BrN3O2S2/c1-22-13-11(8-9-4-2-3-5-10(9)12(13)17)14(21)19-15(23)20-16-18-6-7-24-16/h2-8H,1H3,(H2,18,19,20,21,23). The van der Waals surface area contributed by atoms with Gasteiger partial charge in [-0.25, -0.2) is 4.98 Å². The Hall–Kier alpha value is -2.03. The summed E-state index contributed by atoms with van der Waals surface area (Å²) in [5.41, 5.74) is 0.395. The number of thiazole rings is 1. The summed E-state index contributed by atoms with van der Waals surface area (Å²) in [7, 11) is 1.53. The minimum atomic E-state index is -0.354. The highest BCUT2D eigenvalue weighted by Gasteiger charge is 2.19. The van der Waals surface area contributed by atoms with Crippen molar-refractivity contribution >= 4 is 66.4 Å². The summed E-state index contributed by atoms with van der Waals surface area (Å²) >= 11 is 10.1. The molecule has 0 aliphatic heterocycles. The van der Waals surface area contributed by atoms with Crippen molar-refractivity contribution in [1.82, 2.24) is 10.3 Å². The molecule has 3 rings (SSSR count). The fraction of sp³-hybridized carbons (Fsp3) is 0.0625. The number of amides is 1. The molecule has 0 atom stereocenters. The maximum Gasteiger partial charge on any atom is 0.261 e. The van der Waals surface area contributed by atoms with Crippen LogP contribution < -0.4 is 15.4 Å². The molecule has 0 bridgehead atoms. The van der Waals surface area contributed by atoms with Crippen LogP contribution in [-0.2, 0) is 0 Å². The number of hydrogen-bond donors (Lipinski definition) is 2. The van der Waals surface area contributed by atoms with Crippen LogP contribution in [0.15, 0.2) is 46.4 Å². The summed E-state index contributed by atoms with van der Waals surface area (Å²) in [5.74, 6) is 0.107. The maximum absolute atomic E-state index is 12.6. The molecule has 1 aromatic heterocycles. The number of benzene rings is 2. The third-order valence-corrected chi connectivity index (χ3v) is 4.95. The van der Waals surface area contributed by atoms with Crippen LogP contribution in [0.4, 0.5) is 5.13 Å². The van der Waals surface area contributed by atoms with Crippen LogP contribution in [0.2, 0.25) is 0 Å². The Morgan fingerprint density at radius 2 is 2.17 bits per heavy atom. The molecule has 1 heterocycles. The van der Waals surface area contributed by atoms with Gasteiger partial charge in [0.1, 0.15) is 5.75 Å². The number of hydrogen-bond acceptors (Lipinski definition) is 5. The zero-order valence-electron chi connectivity index (χ0n) is 12.5. The predicted octanol–water partition coefficient (Wildman–Crippen LogP) is 4.19. The SMILES string of the molecule is COc1c(C(=O)NC(=S)Nc2nccs2)cc2ccccc2c1Br. The first kappa shape index (κ1) is 16.8. The van der Waals surface area contributed by atoms with Gasteiger partial charge in [0.25, 0.3) is 5.91 Å². The largest absolute Gasteiger partial charge is 0.495 e. The van der Waals surface area contributed by atoms with E-state index >= 15 is 0 Å². The second kappa shape index (κ2) is 7.25. The van der Waals surface area contributed by atoms with Crippen molar-refractivity contribution in [1.29, 1.82) is 0 Å². The quantitative estimate of drug-likeness (QED) is 0.620. The Morgan fingerprint density at radius 1 is 1.38 bits per heavy atom. The lowest BCUT2D eigenvalue weighted by molar-refractivity contribution is 0.0975. The highest BCUT2D eigenvalue weighted by Crippen LogP contribution is 2.36. The smallest absolute Gasteiger partial charge is 0.261 e. The Bertz CT molecular complexity index is 913. The first-order valence-corrected chi connectivity index (χ1v) is 8.95. The number of halogens is 1. The fourth-order valence-corrected chi connectivity index (χ4v) is 3.76. The number of anilines is 1. The van der Waals surface area contributed by atoms with Gasteiger partial charge in [-0.3, -0.25) is 10.1 Å². The lowest BCUT2D eigenvalue weighted by Crippen LogP contribution is -2.34.